The SMILES string of the molecule is O=C(NC1CC1)c1cc2c(F)cc(F)cc2oc1=O. The number of halogens is 2. The van der Waals surface area contributed by atoms with Crippen LogP contribution in [-0.4, -0.2) is 11.9 Å². The van der Waals surface area contributed by atoms with Gasteiger partial charge in [-0.2, -0.15) is 0 Å². The van der Waals surface area contributed by atoms with Gasteiger partial charge in [0.05, 0.1) is 5.39 Å². The zero-order chi connectivity index (χ0) is 13.6. The summed E-state index contributed by atoms with van der Waals surface area (Å²) in [6.45, 7) is 0. The minimum atomic E-state index is -0.907. The third-order valence-corrected chi connectivity index (χ3v) is 2.92. The molecule has 1 fully saturated rings. The molecule has 0 spiro atoms. The Hall–Kier alpha value is -2.24. The highest BCUT2D eigenvalue weighted by molar-refractivity contribution is 5.97. The molecule has 1 aromatic carbocycles. The van der Waals surface area contributed by atoms with Crippen molar-refractivity contribution in [2.75, 3.05) is 0 Å². The van der Waals surface area contributed by atoms with E-state index in [1.165, 1.54) is 0 Å². The summed E-state index contributed by atoms with van der Waals surface area (Å²) in [7, 11) is 0. The van der Waals surface area contributed by atoms with Crippen molar-refractivity contribution >= 4 is 16.9 Å². The fraction of sp³-hybridized carbons (Fsp3) is 0.231. The summed E-state index contributed by atoms with van der Waals surface area (Å²) in [5.41, 5.74) is -1.40. The van der Waals surface area contributed by atoms with Crippen molar-refractivity contribution < 1.29 is 18.0 Å². The second-order valence-electron chi connectivity index (χ2n) is 4.49. The molecule has 0 saturated heterocycles. The number of hydrogen-bond donors (Lipinski definition) is 1. The van der Waals surface area contributed by atoms with Gasteiger partial charge >= 0.3 is 5.63 Å². The van der Waals surface area contributed by atoms with E-state index in [0.717, 1.165) is 25.0 Å². The fourth-order valence-corrected chi connectivity index (χ4v) is 1.79. The molecule has 6 heteroatoms. The molecule has 19 heavy (non-hydrogen) atoms. The molecule has 98 valence electrons. The Balaban J connectivity index is 2.12. The summed E-state index contributed by atoms with van der Waals surface area (Å²) in [5, 5.41) is 2.52. The van der Waals surface area contributed by atoms with Crippen LogP contribution in [0.3, 0.4) is 0 Å². The standard InChI is InChI=1S/C13H9F2NO3/c14-6-3-10(15)8-5-9(12(17)16-7-1-2-7)13(18)19-11(8)4-6/h3-5,7H,1-2H2,(H,16,17). The van der Waals surface area contributed by atoms with Crippen LogP contribution in [0.5, 0.6) is 0 Å². The summed E-state index contributed by atoms with van der Waals surface area (Å²) < 4.78 is 31.3. The highest BCUT2D eigenvalue weighted by atomic mass is 19.1. The average Bonchev–Trinajstić information content (AvgIpc) is 3.11. The topological polar surface area (TPSA) is 59.3 Å². The van der Waals surface area contributed by atoms with Crippen molar-refractivity contribution in [1.82, 2.24) is 5.32 Å². The Bertz CT molecular complexity index is 734. The molecule has 1 heterocycles. The van der Waals surface area contributed by atoms with Gasteiger partial charge in [-0.1, -0.05) is 0 Å². The fourth-order valence-electron chi connectivity index (χ4n) is 1.79. The molecule has 0 atom stereocenters. The Morgan fingerprint density at radius 3 is 2.68 bits per heavy atom. The molecule has 0 radical (unpaired) electrons. The van der Waals surface area contributed by atoms with Crippen LogP contribution >= 0.6 is 0 Å². The molecule has 2 aromatic rings. The van der Waals surface area contributed by atoms with E-state index in [4.69, 9.17) is 4.42 Å². The van der Waals surface area contributed by atoms with Crippen LogP contribution in [0.1, 0.15) is 23.2 Å². The third-order valence-electron chi connectivity index (χ3n) is 2.92. The molecule has 1 amide bonds. The van der Waals surface area contributed by atoms with Crippen molar-refractivity contribution in [3.63, 3.8) is 0 Å². The zero-order valence-electron chi connectivity index (χ0n) is 9.70. The average molecular weight is 265 g/mol. The zero-order valence-corrected chi connectivity index (χ0v) is 9.70. The Kier molecular flexibility index (Phi) is 2.58. The second kappa shape index (κ2) is 4.15. The number of benzene rings is 1. The molecule has 1 aliphatic carbocycles. The highest BCUT2D eigenvalue weighted by Gasteiger charge is 2.25. The van der Waals surface area contributed by atoms with Crippen LogP contribution in [0.2, 0.25) is 0 Å². The first-order valence-electron chi connectivity index (χ1n) is 5.78. The Labute approximate surface area is 106 Å². The van der Waals surface area contributed by atoms with Crippen molar-refractivity contribution in [2.45, 2.75) is 18.9 Å². The lowest BCUT2D eigenvalue weighted by Crippen LogP contribution is -2.29. The summed E-state index contributed by atoms with van der Waals surface area (Å²) >= 11 is 0. The van der Waals surface area contributed by atoms with E-state index < -0.39 is 23.2 Å². The normalized spacial score (nSPS) is 14.6. The third kappa shape index (κ3) is 2.21. The molecule has 3 rings (SSSR count). The van der Waals surface area contributed by atoms with Crippen LogP contribution < -0.4 is 10.9 Å². The first kappa shape index (κ1) is 11.8. The van der Waals surface area contributed by atoms with E-state index in [1.54, 1.807) is 0 Å². The maximum atomic E-state index is 13.6. The highest BCUT2D eigenvalue weighted by Crippen LogP contribution is 2.21. The maximum Gasteiger partial charge on any atom is 0.349 e. The van der Waals surface area contributed by atoms with E-state index >= 15 is 0 Å². The van der Waals surface area contributed by atoms with E-state index in [9.17, 15) is 18.4 Å². The van der Waals surface area contributed by atoms with E-state index in [-0.39, 0.29) is 22.6 Å². The summed E-state index contributed by atoms with van der Waals surface area (Å²) in [4.78, 5) is 23.4. The first-order chi connectivity index (χ1) is 9.04. The number of nitrogens with one attached hydrogen (secondary N) is 1. The second-order valence-corrected chi connectivity index (χ2v) is 4.49. The molecular formula is C13H9F2NO3. The predicted molar refractivity (Wildman–Crippen MR) is 62.9 cm³/mol. The molecular weight excluding hydrogens is 256 g/mol. The van der Waals surface area contributed by atoms with Crippen molar-refractivity contribution in [1.29, 1.82) is 0 Å². The number of hydrogen-bond acceptors (Lipinski definition) is 3. The number of carbonyl (C=O) groups excluding carboxylic acids is 1. The molecule has 1 N–H and O–H groups in total. The van der Waals surface area contributed by atoms with Crippen LogP contribution in [-0.2, 0) is 0 Å². The number of carbonyl (C=O) groups is 1. The van der Waals surface area contributed by atoms with Gasteiger partial charge in [-0.3, -0.25) is 4.79 Å². The summed E-state index contributed by atoms with van der Waals surface area (Å²) in [6.07, 6.45) is 1.73. The number of fused-ring (bicyclic) bond motifs is 1. The molecule has 1 saturated carbocycles. The van der Waals surface area contributed by atoms with Gasteiger partial charge in [0.1, 0.15) is 22.8 Å². The predicted octanol–water partition coefficient (Wildman–Crippen LogP) is 1.96. The largest absolute Gasteiger partial charge is 0.422 e. The van der Waals surface area contributed by atoms with Crippen LogP contribution in [0.25, 0.3) is 11.0 Å². The quantitative estimate of drug-likeness (QED) is 0.844. The lowest BCUT2D eigenvalue weighted by atomic mass is 10.1. The number of rotatable bonds is 2. The monoisotopic (exact) mass is 265 g/mol. The lowest BCUT2D eigenvalue weighted by molar-refractivity contribution is 0.0947. The van der Waals surface area contributed by atoms with Gasteiger partial charge in [0.15, 0.2) is 0 Å². The van der Waals surface area contributed by atoms with E-state index in [1.807, 2.05) is 0 Å². The van der Waals surface area contributed by atoms with Gasteiger partial charge in [-0.05, 0) is 18.9 Å². The number of amides is 1. The van der Waals surface area contributed by atoms with Gasteiger partial charge < -0.3 is 9.73 Å². The molecule has 0 aliphatic heterocycles. The minimum absolute atomic E-state index is 0.0701. The Morgan fingerprint density at radius 2 is 2.00 bits per heavy atom. The van der Waals surface area contributed by atoms with E-state index in [0.29, 0.717) is 6.07 Å². The Morgan fingerprint density at radius 1 is 1.26 bits per heavy atom. The maximum absolute atomic E-state index is 13.6. The van der Waals surface area contributed by atoms with Crippen LogP contribution in [0, 0.1) is 11.6 Å². The van der Waals surface area contributed by atoms with Crippen molar-refractivity contribution in [3.05, 3.63) is 45.8 Å². The van der Waals surface area contributed by atoms with Gasteiger partial charge in [-0.15, -0.1) is 0 Å². The first-order valence-corrected chi connectivity index (χ1v) is 5.78. The summed E-state index contributed by atoms with van der Waals surface area (Å²) in [6, 6.07) is 2.74. The van der Waals surface area contributed by atoms with Crippen molar-refractivity contribution in [2.24, 2.45) is 0 Å². The van der Waals surface area contributed by atoms with Gasteiger partial charge in [-0.25, -0.2) is 13.6 Å². The summed E-state index contributed by atoms with van der Waals surface area (Å²) in [5.74, 6) is -2.32. The molecule has 1 aliphatic rings. The van der Waals surface area contributed by atoms with Gasteiger partial charge in [0.2, 0.25) is 0 Å². The van der Waals surface area contributed by atoms with Gasteiger partial charge in [0, 0.05) is 18.2 Å². The lowest BCUT2D eigenvalue weighted by Gasteiger charge is -2.04. The molecule has 0 unspecified atom stereocenters. The molecule has 4 nitrogen and oxygen atoms in total. The minimum Gasteiger partial charge on any atom is -0.422 e. The van der Waals surface area contributed by atoms with Gasteiger partial charge in [0.25, 0.3) is 5.91 Å². The van der Waals surface area contributed by atoms with E-state index in [2.05, 4.69) is 5.32 Å². The molecule has 0 bridgehead atoms. The van der Waals surface area contributed by atoms with Crippen molar-refractivity contribution in [3.8, 4) is 0 Å². The molecule has 1 aromatic heterocycles. The smallest absolute Gasteiger partial charge is 0.349 e. The van der Waals surface area contributed by atoms with Crippen LogP contribution in [0.4, 0.5) is 8.78 Å². The van der Waals surface area contributed by atoms with Crippen LogP contribution in [0.15, 0.2) is 27.4 Å².